The molecule has 2 amide bonds. The van der Waals surface area contributed by atoms with Crippen molar-refractivity contribution in [3.8, 4) is 11.5 Å². The Hall–Kier alpha value is -3.22. The molecule has 1 aliphatic rings. The van der Waals surface area contributed by atoms with Gasteiger partial charge in [0.15, 0.2) is 11.5 Å². The molecular weight excluding hydrogens is 372 g/mol. The average Bonchev–Trinajstić information content (AvgIpc) is 3.13. The standard InChI is InChI=1S/C22H26N2O5/c1-22(2,3)29-21(26)24-19(16-7-5-4-6-8-16)20(25)23-12-11-15-9-10-17-18(13-15)28-14-27-17/h4-10,13,19H,11-12,14H2,1-3H3,(H,23,25)(H,24,26). The van der Waals surface area contributed by atoms with Crippen molar-refractivity contribution >= 4 is 12.0 Å². The van der Waals surface area contributed by atoms with E-state index in [4.69, 9.17) is 14.2 Å². The van der Waals surface area contributed by atoms with Gasteiger partial charge in [0.25, 0.3) is 0 Å². The number of rotatable bonds is 6. The van der Waals surface area contributed by atoms with E-state index in [1.807, 2.05) is 36.4 Å². The third-order valence-electron chi connectivity index (χ3n) is 4.21. The quantitative estimate of drug-likeness (QED) is 0.779. The van der Waals surface area contributed by atoms with Crippen LogP contribution in [-0.4, -0.2) is 30.9 Å². The maximum absolute atomic E-state index is 12.8. The summed E-state index contributed by atoms with van der Waals surface area (Å²) in [6.45, 7) is 5.96. The van der Waals surface area contributed by atoms with Crippen molar-refractivity contribution in [2.24, 2.45) is 0 Å². The predicted octanol–water partition coefficient (Wildman–Crippen LogP) is 3.34. The van der Waals surface area contributed by atoms with E-state index in [1.165, 1.54) is 0 Å². The number of fused-ring (bicyclic) bond motifs is 1. The molecule has 3 rings (SSSR count). The molecule has 0 saturated heterocycles. The summed E-state index contributed by atoms with van der Waals surface area (Å²) in [5.74, 6) is 1.13. The third kappa shape index (κ3) is 5.88. The van der Waals surface area contributed by atoms with Crippen LogP contribution in [0, 0.1) is 0 Å². The fourth-order valence-electron chi connectivity index (χ4n) is 2.90. The third-order valence-corrected chi connectivity index (χ3v) is 4.21. The van der Waals surface area contributed by atoms with E-state index >= 15 is 0 Å². The van der Waals surface area contributed by atoms with Crippen molar-refractivity contribution in [2.75, 3.05) is 13.3 Å². The molecule has 154 valence electrons. The van der Waals surface area contributed by atoms with Crippen molar-refractivity contribution in [1.82, 2.24) is 10.6 Å². The molecule has 0 aromatic heterocycles. The highest BCUT2D eigenvalue weighted by molar-refractivity contribution is 5.86. The molecule has 2 aromatic carbocycles. The lowest BCUT2D eigenvalue weighted by atomic mass is 10.1. The molecule has 1 atom stereocenters. The molecule has 1 heterocycles. The Morgan fingerprint density at radius 1 is 1.07 bits per heavy atom. The van der Waals surface area contributed by atoms with Crippen LogP contribution in [0.2, 0.25) is 0 Å². The minimum absolute atomic E-state index is 0.227. The summed E-state index contributed by atoms with van der Waals surface area (Å²) in [6.07, 6.45) is -0.0201. The van der Waals surface area contributed by atoms with E-state index < -0.39 is 17.7 Å². The SMILES string of the molecule is CC(C)(C)OC(=O)NC(C(=O)NCCc1ccc2c(c1)OCO2)c1ccccc1. The van der Waals surface area contributed by atoms with Crippen molar-refractivity contribution in [3.05, 3.63) is 59.7 Å². The number of carbonyl (C=O) groups excluding carboxylic acids is 2. The lowest BCUT2D eigenvalue weighted by Gasteiger charge is -2.23. The van der Waals surface area contributed by atoms with Crippen LogP contribution < -0.4 is 20.1 Å². The smallest absolute Gasteiger partial charge is 0.408 e. The highest BCUT2D eigenvalue weighted by atomic mass is 16.7. The van der Waals surface area contributed by atoms with Crippen molar-refractivity contribution in [1.29, 1.82) is 0 Å². The summed E-state index contributed by atoms with van der Waals surface area (Å²) in [5.41, 5.74) is 1.05. The Labute approximate surface area is 170 Å². The molecule has 0 saturated carbocycles. The monoisotopic (exact) mass is 398 g/mol. The second-order valence-corrected chi connectivity index (χ2v) is 7.72. The lowest BCUT2D eigenvalue weighted by Crippen LogP contribution is -2.43. The Morgan fingerprint density at radius 2 is 1.79 bits per heavy atom. The molecule has 7 heteroatoms. The molecule has 29 heavy (non-hydrogen) atoms. The molecular formula is C22H26N2O5. The summed E-state index contributed by atoms with van der Waals surface area (Å²) >= 11 is 0. The molecule has 1 unspecified atom stereocenters. The average molecular weight is 398 g/mol. The second kappa shape index (κ2) is 8.86. The number of hydrogen-bond donors (Lipinski definition) is 2. The summed E-state index contributed by atoms with van der Waals surface area (Å²) in [6, 6.07) is 13.9. The Morgan fingerprint density at radius 3 is 2.52 bits per heavy atom. The first-order valence-corrected chi connectivity index (χ1v) is 9.52. The summed E-state index contributed by atoms with van der Waals surface area (Å²) in [7, 11) is 0. The van der Waals surface area contributed by atoms with Crippen LogP contribution in [0.15, 0.2) is 48.5 Å². The molecule has 2 aromatic rings. The summed E-state index contributed by atoms with van der Waals surface area (Å²) in [5, 5.41) is 5.55. The van der Waals surface area contributed by atoms with Crippen LogP contribution >= 0.6 is 0 Å². The molecule has 0 radical (unpaired) electrons. The number of alkyl carbamates (subject to hydrolysis) is 1. The minimum Gasteiger partial charge on any atom is -0.454 e. The van der Waals surface area contributed by atoms with Gasteiger partial charge in [0, 0.05) is 6.54 Å². The topological polar surface area (TPSA) is 85.9 Å². The highest BCUT2D eigenvalue weighted by Crippen LogP contribution is 2.32. The van der Waals surface area contributed by atoms with Gasteiger partial charge in [0.2, 0.25) is 12.7 Å². The van der Waals surface area contributed by atoms with Gasteiger partial charge in [-0.2, -0.15) is 0 Å². The van der Waals surface area contributed by atoms with Crippen LogP contribution in [0.1, 0.15) is 37.9 Å². The van der Waals surface area contributed by atoms with Gasteiger partial charge in [-0.25, -0.2) is 4.79 Å². The van der Waals surface area contributed by atoms with Gasteiger partial charge >= 0.3 is 6.09 Å². The fraction of sp³-hybridized carbons (Fsp3) is 0.364. The maximum Gasteiger partial charge on any atom is 0.408 e. The van der Waals surface area contributed by atoms with Gasteiger partial charge in [0.05, 0.1) is 0 Å². The van der Waals surface area contributed by atoms with Crippen LogP contribution in [0.25, 0.3) is 0 Å². The van der Waals surface area contributed by atoms with E-state index in [9.17, 15) is 9.59 Å². The first-order valence-electron chi connectivity index (χ1n) is 9.52. The minimum atomic E-state index is -0.845. The highest BCUT2D eigenvalue weighted by Gasteiger charge is 2.25. The Kier molecular flexibility index (Phi) is 6.26. The molecule has 0 aliphatic carbocycles. The first kappa shape index (κ1) is 20.5. The fourth-order valence-corrected chi connectivity index (χ4v) is 2.90. The van der Waals surface area contributed by atoms with E-state index in [1.54, 1.807) is 32.9 Å². The molecule has 1 aliphatic heterocycles. The van der Waals surface area contributed by atoms with Gasteiger partial charge in [-0.05, 0) is 50.5 Å². The predicted molar refractivity (Wildman–Crippen MR) is 108 cm³/mol. The largest absolute Gasteiger partial charge is 0.454 e. The number of ether oxygens (including phenoxy) is 3. The van der Waals surface area contributed by atoms with Crippen LogP contribution in [0.5, 0.6) is 11.5 Å². The van der Waals surface area contributed by atoms with Crippen LogP contribution in [0.4, 0.5) is 4.79 Å². The number of amides is 2. The van der Waals surface area contributed by atoms with Crippen molar-refractivity contribution in [2.45, 2.75) is 38.8 Å². The van der Waals surface area contributed by atoms with E-state index in [0.29, 0.717) is 24.3 Å². The summed E-state index contributed by atoms with van der Waals surface area (Å²) in [4.78, 5) is 25.0. The maximum atomic E-state index is 12.8. The zero-order valence-electron chi connectivity index (χ0n) is 16.9. The lowest BCUT2D eigenvalue weighted by molar-refractivity contribution is -0.123. The van der Waals surface area contributed by atoms with E-state index in [-0.39, 0.29) is 12.7 Å². The van der Waals surface area contributed by atoms with Crippen LogP contribution in [0.3, 0.4) is 0 Å². The van der Waals surface area contributed by atoms with Gasteiger partial charge < -0.3 is 24.8 Å². The molecule has 2 N–H and O–H groups in total. The second-order valence-electron chi connectivity index (χ2n) is 7.72. The van der Waals surface area contributed by atoms with Gasteiger partial charge in [-0.15, -0.1) is 0 Å². The Bertz CT molecular complexity index is 861. The van der Waals surface area contributed by atoms with Crippen molar-refractivity contribution < 1.29 is 23.8 Å². The molecule has 7 nitrogen and oxygen atoms in total. The molecule has 0 fully saturated rings. The zero-order chi connectivity index (χ0) is 20.9. The first-order chi connectivity index (χ1) is 13.8. The zero-order valence-corrected chi connectivity index (χ0v) is 16.9. The number of nitrogens with one attached hydrogen (secondary N) is 2. The number of carbonyl (C=O) groups is 2. The van der Waals surface area contributed by atoms with E-state index in [2.05, 4.69) is 10.6 Å². The van der Waals surface area contributed by atoms with Gasteiger partial charge in [-0.1, -0.05) is 36.4 Å². The van der Waals surface area contributed by atoms with Crippen molar-refractivity contribution in [3.63, 3.8) is 0 Å². The van der Waals surface area contributed by atoms with E-state index in [0.717, 1.165) is 11.3 Å². The normalized spacial score (nSPS) is 13.5. The van der Waals surface area contributed by atoms with Gasteiger partial charge in [0.1, 0.15) is 11.6 Å². The van der Waals surface area contributed by atoms with Gasteiger partial charge in [-0.3, -0.25) is 4.79 Å². The summed E-state index contributed by atoms with van der Waals surface area (Å²) < 4.78 is 16.0. The molecule has 0 spiro atoms. The number of benzene rings is 2. The molecule has 0 bridgehead atoms. The Balaban J connectivity index is 1.61. The number of hydrogen-bond acceptors (Lipinski definition) is 5. The van der Waals surface area contributed by atoms with Crippen LogP contribution in [-0.2, 0) is 16.0 Å².